The number of rotatable bonds is 3. The summed E-state index contributed by atoms with van der Waals surface area (Å²) in [5.41, 5.74) is 0. The van der Waals surface area contributed by atoms with Crippen molar-refractivity contribution in [1.82, 2.24) is 0 Å². The van der Waals surface area contributed by atoms with Gasteiger partial charge in [-0.1, -0.05) is 26.7 Å². The fraction of sp³-hybridized carbons (Fsp3) is 1.00. The van der Waals surface area contributed by atoms with Crippen LogP contribution in [0, 0.1) is 0 Å². The van der Waals surface area contributed by atoms with Crippen LogP contribution in [0.15, 0.2) is 0 Å². The normalized spacial score (nSPS) is 7.20. The van der Waals surface area contributed by atoms with Crippen molar-refractivity contribution >= 4 is 9.17 Å². The molecule has 0 unspecified atom stereocenters. The molecule has 0 N–H and O–H groups in total. The summed E-state index contributed by atoms with van der Waals surface area (Å²) < 4.78 is 18.4. The SMILES string of the molecule is CCCC.CO[Si](=O)OC. The average molecular weight is 164 g/mol. The van der Waals surface area contributed by atoms with Gasteiger partial charge < -0.3 is 8.85 Å². The predicted molar refractivity (Wildman–Crippen MR) is 41.0 cm³/mol. The molecular formula is C6H16O3Si. The molecule has 0 rings (SSSR count). The molecule has 0 fully saturated rings. The van der Waals surface area contributed by atoms with Crippen LogP contribution in [-0.4, -0.2) is 23.4 Å². The Labute approximate surface area is 64.2 Å². The van der Waals surface area contributed by atoms with E-state index < -0.39 is 9.17 Å². The Balaban J connectivity index is 0. The monoisotopic (exact) mass is 164 g/mol. The maximum atomic E-state index is 9.92. The molecular weight excluding hydrogens is 148 g/mol. The largest absolute Gasteiger partial charge is 0.766 e. The maximum Gasteiger partial charge on any atom is 0.766 e. The quantitative estimate of drug-likeness (QED) is 0.593. The lowest BCUT2D eigenvalue weighted by Crippen LogP contribution is -2.04. The molecule has 0 spiro atoms. The van der Waals surface area contributed by atoms with Gasteiger partial charge in [0, 0.05) is 0 Å². The number of hydrogen-bond donors (Lipinski definition) is 0. The zero-order chi connectivity index (χ0) is 8.41. The Bertz CT molecular complexity index is 67.4. The second-order valence-electron chi connectivity index (χ2n) is 1.66. The lowest BCUT2D eigenvalue weighted by Gasteiger charge is -1.87. The van der Waals surface area contributed by atoms with Gasteiger partial charge >= 0.3 is 9.17 Å². The molecule has 10 heavy (non-hydrogen) atoms. The van der Waals surface area contributed by atoms with Gasteiger partial charge in [-0.3, -0.25) is 4.46 Å². The molecule has 0 saturated carbocycles. The Morgan fingerprint density at radius 1 is 1.10 bits per heavy atom. The summed E-state index contributed by atoms with van der Waals surface area (Å²) in [4.78, 5) is 0. The summed E-state index contributed by atoms with van der Waals surface area (Å²) in [6.07, 6.45) is 2.64. The van der Waals surface area contributed by atoms with Gasteiger partial charge in [0.05, 0.1) is 14.2 Å². The highest BCUT2D eigenvalue weighted by Gasteiger charge is 2.00. The predicted octanol–water partition coefficient (Wildman–Crippen LogP) is 1.50. The van der Waals surface area contributed by atoms with Crippen molar-refractivity contribution in [2.75, 3.05) is 14.2 Å². The highest BCUT2D eigenvalue weighted by Crippen LogP contribution is 1.76. The van der Waals surface area contributed by atoms with Gasteiger partial charge in [0.25, 0.3) is 0 Å². The van der Waals surface area contributed by atoms with E-state index in [0.717, 1.165) is 0 Å². The lowest BCUT2D eigenvalue weighted by molar-refractivity contribution is 0.236. The first-order valence-corrected chi connectivity index (χ1v) is 4.57. The minimum atomic E-state index is -2.12. The molecule has 0 aromatic rings. The van der Waals surface area contributed by atoms with Crippen molar-refractivity contribution in [3.05, 3.63) is 0 Å². The van der Waals surface area contributed by atoms with Crippen LogP contribution < -0.4 is 0 Å². The molecule has 0 amide bonds. The van der Waals surface area contributed by atoms with Crippen LogP contribution in [0.2, 0.25) is 0 Å². The molecule has 62 valence electrons. The Kier molecular flexibility index (Phi) is 14.1. The Morgan fingerprint density at radius 3 is 1.40 bits per heavy atom. The van der Waals surface area contributed by atoms with Gasteiger partial charge in [0.2, 0.25) is 0 Å². The molecule has 0 aromatic carbocycles. The Morgan fingerprint density at radius 2 is 1.40 bits per heavy atom. The molecule has 0 aliphatic heterocycles. The fourth-order valence-corrected chi connectivity index (χ4v) is 0.250. The van der Waals surface area contributed by atoms with Crippen molar-refractivity contribution < 1.29 is 13.3 Å². The summed E-state index contributed by atoms with van der Waals surface area (Å²) in [5.74, 6) is 0. The fourth-order valence-electron chi connectivity index (χ4n) is 0.0833. The van der Waals surface area contributed by atoms with E-state index in [1.54, 1.807) is 0 Å². The summed E-state index contributed by atoms with van der Waals surface area (Å²) >= 11 is 0. The first kappa shape index (κ1) is 12.3. The zero-order valence-corrected chi connectivity index (χ0v) is 8.14. The van der Waals surface area contributed by atoms with Crippen LogP contribution in [0.4, 0.5) is 0 Å². The molecule has 0 saturated heterocycles. The van der Waals surface area contributed by atoms with Crippen LogP contribution in [0.5, 0.6) is 0 Å². The summed E-state index contributed by atoms with van der Waals surface area (Å²) in [6, 6.07) is 0. The van der Waals surface area contributed by atoms with Crippen LogP contribution in [-0.2, 0) is 13.3 Å². The zero-order valence-electron chi connectivity index (χ0n) is 7.14. The second-order valence-corrected chi connectivity index (χ2v) is 2.97. The molecule has 4 heteroatoms. The third-order valence-corrected chi connectivity index (χ3v) is 1.50. The molecule has 0 aliphatic rings. The standard InChI is InChI=1S/C4H10.C2H6O3Si/c1-3-4-2;1-4-6(3)5-2/h3-4H2,1-2H3;1-2H3. The highest BCUT2D eigenvalue weighted by molar-refractivity contribution is 6.25. The summed E-state index contributed by atoms with van der Waals surface area (Å²) in [6.45, 7) is 4.36. The van der Waals surface area contributed by atoms with Crippen LogP contribution in [0.1, 0.15) is 26.7 Å². The molecule has 0 radical (unpaired) electrons. The van der Waals surface area contributed by atoms with E-state index in [2.05, 4.69) is 22.7 Å². The smallest absolute Gasteiger partial charge is 0.499 e. The van der Waals surface area contributed by atoms with E-state index in [-0.39, 0.29) is 0 Å². The van der Waals surface area contributed by atoms with Gasteiger partial charge in [0.1, 0.15) is 0 Å². The van der Waals surface area contributed by atoms with E-state index in [9.17, 15) is 4.46 Å². The van der Waals surface area contributed by atoms with Crippen LogP contribution >= 0.6 is 0 Å². The molecule has 0 atom stereocenters. The Hall–Kier alpha value is -0.383. The van der Waals surface area contributed by atoms with E-state index in [1.165, 1.54) is 27.1 Å². The van der Waals surface area contributed by atoms with Crippen molar-refractivity contribution in [2.24, 2.45) is 0 Å². The molecule has 0 aliphatic carbocycles. The minimum absolute atomic E-state index is 1.32. The molecule has 0 aromatic heterocycles. The average Bonchev–Trinajstić information content (AvgIpc) is 2.03. The van der Waals surface area contributed by atoms with Crippen LogP contribution in [0.25, 0.3) is 0 Å². The molecule has 0 heterocycles. The highest BCUT2D eigenvalue weighted by atomic mass is 28.3. The van der Waals surface area contributed by atoms with Crippen LogP contribution in [0.3, 0.4) is 0 Å². The van der Waals surface area contributed by atoms with Gasteiger partial charge in [-0.15, -0.1) is 0 Å². The van der Waals surface area contributed by atoms with Gasteiger partial charge in [-0.25, -0.2) is 0 Å². The van der Waals surface area contributed by atoms with E-state index >= 15 is 0 Å². The van der Waals surface area contributed by atoms with Gasteiger partial charge in [-0.05, 0) is 0 Å². The second kappa shape index (κ2) is 11.4. The van der Waals surface area contributed by atoms with E-state index in [1.807, 2.05) is 0 Å². The lowest BCUT2D eigenvalue weighted by atomic mass is 10.4. The van der Waals surface area contributed by atoms with Crippen molar-refractivity contribution in [1.29, 1.82) is 0 Å². The topological polar surface area (TPSA) is 35.5 Å². The van der Waals surface area contributed by atoms with Gasteiger partial charge in [0.15, 0.2) is 0 Å². The first-order valence-electron chi connectivity index (χ1n) is 3.34. The van der Waals surface area contributed by atoms with Gasteiger partial charge in [-0.2, -0.15) is 0 Å². The van der Waals surface area contributed by atoms with Crippen molar-refractivity contribution in [3.8, 4) is 0 Å². The maximum absolute atomic E-state index is 9.92. The number of unbranched alkanes of at least 4 members (excludes halogenated alkanes) is 1. The third-order valence-electron chi connectivity index (χ3n) is 0.833. The molecule has 3 nitrogen and oxygen atoms in total. The molecule has 0 bridgehead atoms. The third kappa shape index (κ3) is 15.6. The minimum Gasteiger partial charge on any atom is -0.499 e. The summed E-state index contributed by atoms with van der Waals surface area (Å²) in [5, 5.41) is 0. The van der Waals surface area contributed by atoms with Crippen molar-refractivity contribution in [3.63, 3.8) is 0 Å². The van der Waals surface area contributed by atoms with Crippen molar-refractivity contribution in [2.45, 2.75) is 26.7 Å². The summed E-state index contributed by atoms with van der Waals surface area (Å²) in [7, 11) is 0.558. The number of hydrogen-bond acceptors (Lipinski definition) is 3. The first-order chi connectivity index (χ1) is 4.72. The van der Waals surface area contributed by atoms with E-state index in [4.69, 9.17) is 0 Å². The van der Waals surface area contributed by atoms with E-state index in [0.29, 0.717) is 0 Å².